The van der Waals surface area contributed by atoms with E-state index in [2.05, 4.69) is 93.3 Å². The third kappa shape index (κ3) is 5.14. The molecule has 0 aliphatic rings. The Hall–Kier alpha value is -2.28. The lowest BCUT2D eigenvalue weighted by Crippen LogP contribution is -2.67. The predicted molar refractivity (Wildman–Crippen MR) is 134 cm³/mol. The number of rotatable bonds is 8. The molecule has 164 valence electrons. The lowest BCUT2D eigenvalue weighted by molar-refractivity contribution is 0.133. The molecule has 1 atom stereocenters. The van der Waals surface area contributed by atoms with E-state index < -0.39 is 8.32 Å². The van der Waals surface area contributed by atoms with E-state index in [-0.39, 0.29) is 11.1 Å². The number of nitrogens with two attached hydrogens (primary N) is 1. The number of nitrogen functional groups attached to an aromatic ring is 1. The third-order valence-electron chi connectivity index (χ3n) is 5.36. The predicted octanol–water partition coefficient (Wildman–Crippen LogP) is 4.73. The van der Waals surface area contributed by atoms with Crippen molar-refractivity contribution in [1.82, 2.24) is 4.98 Å². The van der Waals surface area contributed by atoms with Crippen molar-refractivity contribution in [3.8, 4) is 5.75 Å². The molecule has 0 aliphatic heterocycles. The molecule has 0 radical (unpaired) electrons. The molecule has 31 heavy (non-hydrogen) atoms. The summed E-state index contributed by atoms with van der Waals surface area (Å²) in [5, 5.41) is 2.46. The van der Waals surface area contributed by atoms with Gasteiger partial charge in [0, 0.05) is 0 Å². The van der Waals surface area contributed by atoms with E-state index in [0.29, 0.717) is 18.2 Å². The van der Waals surface area contributed by atoms with Gasteiger partial charge in [0.25, 0.3) is 8.32 Å². The second-order valence-electron chi connectivity index (χ2n) is 8.66. The Morgan fingerprint density at radius 1 is 1.00 bits per heavy atom. The number of hydrogen-bond donors (Lipinski definition) is 1. The normalized spacial score (nSPS) is 13.1. The topological polar surface area (TPSA) is 57.4 Å². The van der Waals surface area contributed by atoms with E-state index in [1.807, 2.05) is 12.3 Å². The van der Waals surface area contributed by atoms with Crippen LogP contribution in [0.15, 0.2) is 77.8 Å². The highest BCUT2D eigenvalue weighted by molar-refractivity contribution is 7.98. The Bertz CT molecular complexity index is 938. The maximum absolute atomic E-state index is 7.04. The summed E-state index contributed by atoms with van der Waals surface area (Å²) in [6.07, 6.45) is 3.54. The van der Waals surface area contributed by atoms with Gasteiger partial charge in [0.05, 0.1) is 17.2 Å². The van der Waals surface area contributed by atoms with Gasteiger partial charge < -0.3 is 14.9 Å². The van der Waals surface area contributed by atoms with Crippen molar-refractivity contribution >= 4 is 36.3 Å². The van der Waals surface area contributed by atoms with E-state index in [9.17, 15) is 0 Å². The molecular formula is C25H32N2O2SSi. The van der Waals surface area contributed by atoms with Crippen molar-refractivity contribution in [2.24, 2.45) is 0 Å². The molecule has 0 fully saturated rings. The molecule has 0 spiro atoms. The van der Waals surface area contributed by atoms with Crippen LogP contribution in [-0.4, -0.2) is 32.3 Å². The molecule has 3 rings (SSSR count). The van der Waals surface area contributed by atoms with Gasteiger partial charge in [0.2, 0.25) is 0 Å². The zero-order chi connectivity index (χ0) is 22.5. The molecule has 1 heterocycles. The number of hydrogen-bond acceptors (Lipinski definition) is 5. The zero-order valence-corrected chi connectivity index (χ0v) is 20.8. The Kier molecular flexibility index (Phi) is 7.46. The van der Waals surface area contributed by atoms with Crippen molar-refractivity contribution in [2.75, 3.05) is 18.6 Å². The number of anilines is 1. The monoisotopic (exact) mass is 452 g/mol. The summed E-state index contributed by atoms with van der Waals surface area (Å²) in [7, 11) is -2.60. The number of ether oxygens (including phenoxy) is 1. The Labute approximate surface area is 191 Å². The molecule has 2 aromatic carbocycles. The fourth-order valence-electron chi connectivity index (χ4n) is 3.92. The van der Waals surface area contributed by atoms with Gasteiger partial charge in [0.15, 0.2) is 0 Å². The van der Waals surface area contributed by atoms with Crippen LogP contribution in [0.5, 0.6) is 5.75 Å². The van der Waals surface area contributed by atoms with E-state index >= 15 is 0 Å². The summed E-state index contributed by atoms with van der Waals surface area (Å²) >= 11 is 1.56. The fraction of sp³-hybridized carbons (Fsp3) is 0.320. The molecule has 4 nitrogen and oxygen atoms in total. The molecule has 0 unspecified atom stereocenters. The highest BCUT2D eigenvalue weighted by Gasteiger charge is 2.51. The van der Waals surface area contributed by atoms with Gasteiger partial charge in [-0.25, -0.2) is 4.98 Å². The van der Waals surface area contributed by atoms with Crippen molar-refractivity contribution in [1.29, 1.82) is 0 Å². The van der Waals surface area contributed by atoms with E-state index in [4.69, 9.17) is 14.9 Å². The van der Waals surface area contributed by atoms with Crippen molar-refractivity contribution < 1.29 is 9.16 Å². The maximum Gasteiger partial charge on any atom is 0.261 e. The number of aromatic nitrogens is 1. The van der Waals surface area contributed by atoms with Gasteiger partial charge >= 0.3 is 0 Å². The largest absolute Gasteiger partial charge is 0.489 e. The van der Waals surface area contributed by atoms with Crippen LogP contribution < -0.4 is 20.8 Å². The van der Waals surface area contributed by atoms with E-state index in [0.717, 1.165) is 4.90 Å². The quantitative estimate of drug-likeness (QED) is 0.395. The standard InChI is InChI=1S/C25H32N2O2SSi/c1-19(18-28-20-16-23(30-5)24(26)27-17-20)29-31(25(2,3)4,21-12-8-6-9-13-21)22-14-10-7-11-15-22/h6-17,19H,18H2,1-5H3,(H2,26,27)/t19-/m0/s1. The molecule has 6 heteroatoms. The van der Waals surface area contributed by atoms with Crippen LogP contribution in [-0.2, 0) is 4.43 Å². The summed E-state index contributed by atoms with van der Waals surface area (Å²) in [6, 6.07) is 23.2. The summed E-state index contributed by atoms with van der Waals surface area (Å²) in [5.74, 6) is 1.23. The number of nitrogens with zero attached hydrogens (tertiary/aromatic N) is 1. The first kappa shape index (κ1) is 23.4. The smallest absolute Gasteiger partial charge is 0.261 e. The van der Waals surface area contributed by atoms with Crippen LogP contribution in [0.1, 0.15) is 27.7 Å². The summed E-state index contributed by atoms with van der Waals surface area (Å²) in [6.45, 7) is 9.35. The molecule has 0 saturated carbocycles. The van der Waals surface area contributed by atoms with Gasteiger partial charge in [-0.05, 0) is 34.7 Å². The minimum atomic E-state index is -2.60. The molecule has 2 N–H and O–H groups in total. The van der Waals surface area contributed by atoms with Crippen molar-refractivity contribution in [3.63, 3.8) is 0 Å². The summed E-state index contributed by atoms with van der Waals surface area (Å²) < 4.78 is 13.1. The van der Waals surface area contributed by atoms with E-state index in [1.54, 1.807) is 18.0 Å². The van der Waals surface area contributed by atoms with Crippen LogP contribution in [0.2, 0.25) is 5.04 Å². The van der Waals surface area contributed by atoms with Gasteiger partial charge in [0.1, 0.15) is 18.2 Å². The van der Waals surface area contributed by atoms with Gasteiger partial charge in [-0.3, -0.25) is 0 Å². The highest BCUT2D eigenvalue weighted by atomic mass is 32.2. The van der Waals surface area contributed by atoms with Gasteiger partial charge in [-0.1, -0.05) is 81.4 Å². The van der Waals surface area contributed by atoms with Crippen molar-refractivity contribution in [2.45, 2.75) is 43.7 Å². The second-order valence-corrected chi connectivity index (χ2v) is 13.8. The van der Waals surface area contributed by atoms with Crippen LogP contribution in [0.3, 0.4) is 0 Å². The lowest BCUT2D eigenvalue weighted by atomic mass is 10.2. The SMILES string of the molecule is CSc1cc(OC[C@H](C)O[Si](c2ccccc2)(c2ccccc2)C(C)(C)C)cnc1N. The average molecular weight is 453 g/mol. The minimum absolute atomic E-state index is 0.0707. The molecule has 1 aromatic heterocycles. The summed E-state index contributed by atoms with van der Waals surface area (Å²) in [5.41, 5.74) is 5.91. The van der Waals surface area contributed by atoms with Crippen LogP contribution >= 0.6 is 11.8 Å². The fourth-order valence-corrected chi connectivity index (χ4v) is 9.10. The van der Waals surface area contributed by atoms with Gasteiger partial charge in [-0.15, -0.1) is 11.8 Å². The lowest BCUT2D eigenvalue weighted by Gasteiger charge is -2.44. The first-order valence-electron chi connectivity index (χ1n) is 10.5. The number of benzene rings is 2. The van der Waals surface area contributed by atoms with Crippen LogP contribution in [0.25, 0.3) is 0 Å². The Morgan fingerprint density at radius 2 is 1.55 bits per heavy atom. The van der Waals surface area contributed by atoms with E-state index in [1.165, 1.54) is 10.4 Å². The van der Waals surface area contributed by atoms with Crippen LogP contribution in [0, 0.1) is 0 Å². The molecule has 0 saturated heterocycles. The second kappa shape index (κ2) is 9.89. The third-order valence-corrected chi connectivity index (χ3v) is 11.3. The summed E-state index contributed by atoms with van der Waals surface area (Å²) in [4.78, 5) is 5.15. The average Bonchev–Trinajstić information content (AvgIpc) is 2.77. The molecule has 3 aromatic rings. The number of pyridine rings is 1. The Morgan fingerprint density at radius 3 is 2.03 bits per heavy atom. The first-order chi connectivity index (χ1) is 14.8. The van der Waals surface area contributed by atoms with Gasteiger partial charge in [-0.2, -0.15) is 0 Å². The maximum atomic E-state index is 7.04. The zero-order valence-electron chi connectivity index (χ0n) is 19.0. The molecule has 0 aliphatic carbocycles. The molecular weight excluding hydrogens is 420 g/mol. The minimum Gasteiger partial charge on any atom is -0.489 e. The van der Waals surface area contributed by atoms with Crippen molar-refractivity contribution in [3.05, 3.63) is 72.9 Å². The number of thioether (sulfide) groups is 1. The Balaban J connectivity index is 1.92. The molecule has 0 bridgehead atoms. The first-order valence-corrected chi connectivity index (χ1v) is 13.6. The highest BCUT2D eigenvalue weighted by Crippen LogP contribution is 2.37. The molecule has 0 amide bonds. The van der Waals surface area contributed by atoms with Crippen LogP contribution in [0.4, 0.5) is 5.82 Å².